The Labute approximate surface area is 126 Å². The number of hydrogen-bond acceptors (Lipinski definition) is 3. The number of aromatic nitrogens is 1. The summed E-state index contributed by atoms with van der Waals surface area (Å²) in [6, 6.07) is 3.95. The largest absolute Gasteiger partial charge is 0.355 e. The molecule has 2 rings (SSSR count). The summed E-state index contributed by atoms with van der Waals surface area (Å²) in [4.78, 5) is 15.9. The molecular formula is C13H21Cl2N3O. The van der Waals surface area contributed by atoms with Crippen LogP contribution in [0.15, 0.2) is 24.5 Å². The molecule has 2 heterocycles. The van der Waals surface area contributed by atoms with Crippen LogP contribution in [0.3, 0.4) is 0 Å². The van der Waals surface area contributed by atoms with Gasteiger partial charge >= 0.3 is 0 Å². The summed E-state index contributed by atoms with van der Waals surface area (Å²) in [5.41, 5.74) is 1.16. The van der Waals surface area contributed by atoms with Crippen LogP contribution in [0.1, 0.15) is 18.4 Å². The number of piperidine rings is 1. The fraction of sp³-hybridized carbons (Fsp3) is 0.538. The van der Waals surface area contributed by atoms with Crippen molar-refractivity contribution in [2.24, 2.45) is 5.92 Å². The van der Waals surface area contributed by atoms with Crippen molar-refractivity contribution in [1.82, 2.24) is 15.6 Å². The van der Waals surface area contributed by atoms with Crippen molar-refractivity contribution < 1.29 is 4.79 Å². The second-order valence-electron chi connectivity index (χ2n) is 4.45. The molecule has 0 saturated carbocycles. The van der Waals surface area contributed by atoms with Gasteiger partial charge in [0.25, 0.3) is 0 Å². The van der Waals surface area contributed by atoms with Crippen LogP contribution in [0.4, 0.5) is 0 Å². The van der Waals surface area contributed by atoms with Crippen molar-refractivity contribution in [3.05, 3.63) is 30.1 Å². The number of hydrogen-bond donors (Lipinski definition) is 2. The van der Waals surface area contributed by atoms with E-state index in [2.05, 4.69) is 15.6 Å². The first-order valence-corrected chi connectivity index (χ1v) is 6.23. The molecular weight excluding hydrogens is 285 g/mol. The van der Waals surface area contributed by atoms with Gasteiger partial charge in [0.1, 0.15) is 0 Å². The lowest BCUT2D eigenvalue weighted by atomic mass is 9.99. The molecule has 0 radical (unpaired) electrons. The smallest absolute Gasteiger partial charge is 0.224 e. The Hall–Kier alpha value is -0.840. The van der Waals surface area contributed by atoms with Crippen molar-refractivity contribution in [2.45, 2.75) is 19.3 Å². The summed E-state index contributed by atoms with van der Waals surface area (Å²) < 4.78 is 0. The van der Waals surface area contributed by atoms with E-state index in [9.17, 15) is 4.79 Å². The van der Waals surface area contributed by atoms with Crippen molar-refractivity contribution in [3.63, 3.8) is 0 Å². The fourth-order valence-corrected chi connectivity index (χ4v) is 2.10. The Kier molecular flexibility index (Phi) is 9.57. The highest BCUT2D eigenvalue weighted by molar-refractivity contribution is 5.85. The van der Waals surface area contributed by atoms with Crippen LogP contribution < -0.4 is 10.6 Å². The number of carbonyl (C=O) groups excluding carboxylic acids is 1. The van der Waals surface area contributed by atoms with E-state index < -0.39 is 0 Å². The molecule has 1 fully saturated rings. The van der Waals surface area contributed by atoms with Crippen LogP contribution >= 0.6 is 24.8 Å². The van der Waals surface area contributed by atoms with Gasteiger partial charge in [-0.05, 0) is 37.4 Å². The third-order valence-electron chi connectivity index (χ3n) is 3.10. The van der Waals surface area contributed by atoms with Crippen LogP contribution in [-0.4, -0.2) is 30.5 Å². The van der Waals surface area contributed by atoms with Crippen LogP contribution in [0.2, 0.25) is 0 Å². The molecule has 6 heteroatoms. The molecule has 0 aromatic carbocycles. The summed E-state index contributed by atoms with van der Waals surface area (Å²) in [6.45, 7) is 2.55. The van der Waals surface area contributed by atoms with Gasteiger partial charge in [0.2, 0.25) is 5.91 Å². The predicted octanol–water partition coefficient (Wildman–Crippen LogP) is 1.58. The molecule has 2 N–H and O–H groups in total. The molecule has 0 bridgehead atoms. The average molecular weight is 306 g/mol. The minimum Gasteiger partial charge on any atom is -0.355 e. The number of amides is 1. The summed E-state index contributed by atoms with van der Waals surface area (Å²) in [7, 11) is 0. The van der Waals surface area contributed by atoms with E-state index in [0.717, 1.165) is 37.9 Å². The number of nitrogens with zero attached hydrogens (tertiary/aromatic N) is 1. The average Bonchev–Trinajstić information content (AvgIpc) is 2.41. The molecule has 0 unspecified atom stereocenters. The zero-order valence-corrected chi connectivity index (χ0v) is 12.4. The van der Waals surface area contributed by atoms with Gasteiger partial charge < -0.3 is 10.6 Å². The molecule has 1 atom stereocenters. The summed E-state index contributed by atoms with van der Waals surface area (Å²) >= 11 is 0. The molecule has 0 aliphatic carbocycles. The maximum atomic E-state index is 11.8. The summed E-state index contributed by atoms with van der Waals surface area (Å²) in [5.74, 6) is 0.332. The zero-order chi connectivity index (χ0) is 11.9. The van der Waals surface area contributed by atoms with E-state index in [4.69, 9.17) is 0 Å². The Morgan fingerprint density at radius 1 is 1.47 bits per heavy atom. The first-order valence-electron chi connectivity index (χ1n) is 6.23. The SMILES string of the molecule is Cl.Cl.O=C(NCCc1cccnc1)[C@@H]1CCCNC1. The Bertz CT molecular complexity index is 356. The van der Waals surface area contributed by atoms with Gasteiger partial charge in [-0.25, -0.2) is 0 Å². The van der Waals surface area contributed by atoms with Crippen molar-refractivity contribution in [3.8, 4) is 0 Å². The Balaban J connectivity index is 0.00000162. The minimum absolute atomic E-state index is 0. The molecule has 1 aliphatic rings. The topological polar surface area (TPSA) is 54.0 Å². The lowest BCUT2D eigenvalue weighted by molar-refractivity contribution is -0.125. The standard InChI is InChI=1S/C13H19N3O.2ClH/c17-13(12-4-2-7-15-10-12)16-8-5-11-3-1-6-14-9-11;;/h1,3,6,9,12,15H,2,4-5,7-8,10H2,(H,16,17);2*1H/t12-;;/m1../s1. The highest BCUT2D eigenvalue weighted by Crippen LogP contribution is 2.09. The number of halogens is 2. The molecule has 19 heavy (non-hydrogen) atoms. The van der Waals surface area contributed by atoms with Gasteiger partial charge in [0.05, 0.1) is 5.92 Å². The van der Waals surface area contributed by atoms with E-state index in [-0.39, 0.29) is 36.6 Å². The van der Waals surface area contributed by atoms with Crippen LogP contribution in [-0.2, 0) is 11.2 Å². The van der Waals surface area contributed by atoms with Gasteiger partial charge in [-0.3, -0.25) is 9.78 Å². The second-order valence-corrected chi connectivity index (χ2v) is 4.45. The Morgan fingerprint density at radius 3 is 2.95 bits per heavy atom. The molecule has 1 aliphatic heterocycles. The fourth-order valence-electron chi connectivity index (χ4n) is 2.10. The van der Waals surface area contributed by atoms with Gasteiger partial charge in [-0.2, -0.15) is 0 Å². The van der Waals surface area contributed by atoms with Crippen LogP contribution in [0.5, 0.6) is 0 Å². The predicted molar refractivity (Wildman–Crippen MR) is 81.0 cm³/mol. The van der Waals surface area contributed by atoms with E-state index >= 15 is 0 Å². The van der Waals surface area contributed by atoms with Gasteiger partial charge in [0.15, 0.2) is 0 Å². The van der Waals surface area contributed by atoms with Crippen molar-refractivity contribution >= 4 is 30.7 Å². The Morgan fingerprint density at radius 2 is 2.32 bits per heavy atom. The number of rotatable bonds is 4. The highest BCUT2D eigenvalue weighted by atomic mass is 35.5. The van der Waals surface area contributed by atoms with Gasteiger partial charge in [-0.15, -0.1) is 24.8 Å². The number of nitrogens with one attached hydrogen (secondary N) is 2. The quantitative estimate of drug-likeness (QED) is 0.888. The van der Waals surface area contributed by atoms with Crippen LogP contribution in [0, 0.1) is 5.92 Å². The first-order chi connectivity index (χ1) is 8.36. The number of pyridine rings is 1. The van der Waals surface area contributed by atoms with E-state index in [1.165, 1.54) is 0 Å². The molecule has 1 aromatic rings. The van der Waals surface area contributed by atoms with Gasteiger partial charge in [0, 0.05) is 25.5 Å². The summed E-state index contributed by atoms with van der Waals surface area (Å²) in [6.07, 6.45) is 6.55. The molecule has 108 valence electrons. The third kappa shape index (κ3) is 6.23. The molecule has 1 aromatic heterocycles. The highest BCUT2D eigenvalue weighted by Gasteiger charge is 2.19. The monoisotopic (exact) mass is 305 g/mol. The summed E-state index contributed by atoms with van der Waals surface area (Å²) in [5, 5.41) is 6.25. The lowest BCUT2D eigenvalue weighted by Crippen LogP contribution is -2.41. The van der Waals surface area contributed by atoms with Crippen molar-refractivity contribution in [1.29, 1.82) is 0 Å². The van der Waals surface area contributed by atoms with Crippen LogP contribution in [0.25, 0.3) is 0 Å². The molecule has 1 saturated heterocycles. The van der Waals surface area contributed by atoms with E-state index in [1.807, 2.05) is 18.3 Å². The van der Waals surface area contributed by atoms with Gasteiger partial charge in [-0.1, -0.05) is 6.07 Å². The maximum absolute atomic E-state index is 11.8. The minimum atomic E-state index is 0. The molecule has 0 spiro atoms. The normalized spacial score (nSPS) is 17.8. The lowest BCUT2D eigenvalue weighted by Gasteiger charge is -2.21. The first kappa shape index (κ1) is 18.2. The molecule has 1 amide bonds. The zero-order valence-electron chi connectivity index (χ0n) is 10.8. The third-order valence-corrected chi connectivity index (χ3v) is 3.10. The molecule has 4 nitrogen and oxygen atoms in total. The van der Waals surface area contributed by atoms with E-state index in [1.54, 1.807) is 6.20 Å². The van der Waals surface area contributed by atoms with E-state index in [0.29, 0.717) is 6.54 Å². The van der Waals surface area contributed by atoms with Crippen molar-refractivity contribution in [2.75, 3.05) is 19.6 Å². The second kappa shape index (κ2) is 10.0. The maximum Gasteiger partial charge on any atom is 0.224 e. The number of carbonyl (C=O) groups is 1.